The second kappa shape index (κ2) is 4.90. The van der Waals surface area contributed by atoms with Crippen molar-refractivity contribution in [3.63, 3.8) is 0 Å². The number of nitrogens with zero attached hydrogens (tertiary/aromatic N) is 3. The summed E-state index contributed by atoms with van der Waals surface area (Å²) in [6.45, 7) is 3.55. The minimum atomic E-state index is 0.774. The maximum Gasteiger partial charge on any atom is 0.0762 e. The molecule has 0 unspecified atom stereocenters. The second-order valence-electron chi connectivity index (χ2n) is 3.85. The highest BCUT2D eigenvalue weighted by Gasteiger charge is 1.97. The first-order valence-electron chi connectivity index (χ1n) is 5.36. The van der Waals surface area contributed by atoms with E-state index in [-0.39, 0.29) is 0 Å². The summed E-state index contributed by atoms with van der Waals surface area (Å²) in [5.41, 5.74) is 3.17. The van der Waals surface area contributed by atoms with Crippen molar-refractivity contribution >= 4 is 0 Å². The fourth-order valence-electron chi connectivity index (χ4n) is 1.57. The molecule has 0 spiro atoms. The third-order valence-corrected chi connectivity index (χ3v) is 2.33. The number of nitrogens with one attached hydrogen (secondary N) is 1. The zero-order valence-corrected chi connectivity index (χ0v) is 9.64. The van der Waals surface area contributed by atoms with Gasteiger partial charge in [-0.05, 0) is 25.1 Å². The molecule has 2 heterocycles. The van der Waals surface area contributed by atoms with E-state index in [1.807, 2.05) is 49.1 Å². The molecule has 0 amide bonds. The predicted octanol–water partition coefficient (Wildman–Crippen LogP) is 1.41. The number of hydrogen-bond acceptors (Lipinski definition) is 3. The number of pyridine rings is 1. The van der Waals surface area contributed by atoms with Crippen LogP contribution in [0.5, 0.6) is 0 Å². The van der Waals surface area contributed by atoms with E-state index in [9.17, 15) is 0 Å². The summed E-state index contributed by atoms with van der Waals surface area (Å²) in [5.74, 6) is 0. The molecule has 16 heavy (non-hydrogen) atoms. The second-order valence-corrected chi connectivity index (χ2v) is 3.85. The van der Waals surface area contributed by atoms with Gasteiger partial charge in [-0.2, -0.15) is 5.10 Å². The van der Waals surface area contributed by atoms with Crippen LogP contribution in [0.15, 0.2) is 30.5 Å². The van der Waals surface area contributed by atoms with Gasteiger partial charge in [0.2, 0.25) is 0 Å². The molecule has 4 heteroatoms. The number of aryl methyl sites for hydroxylation is 2. The summed E-state index contributed by atoms with van der Waals surface area (Å²) in [7, 11) is 1.92. The molecule has 0 radical (unpaired) electrons. The molecule has 0 bridgehead atoms. The third kappa shape index (κ3) is 2.90. The largest absolute Gasteiger partial charge is 0.305 e. The van der Waals surface area contributed by atoms with Crippen LogP contribution in [0, 0.1) is 6.92 Å². The van der Waals surface area contributed by atoms with Gasteiger partial charge in [-0.1, -0.05) is 6.07 Å². The lowest BCUT2D eigenvalue weighted by Crippen LogP contribution is -2.14. The van der Waals surface area contributed by atoms with Gasteiger partial charge in [0, 0.05) is 32.0 Å². The van der Waals surface area contributed by atoms with Crippen molar-refractivity contribution in [3.05, 3.63) is 47.5 Å². The van der Waals surface area contributed by atoms with E-state index in [1.165, 1.54) is 0 Å². The van der Waals surface area contributed by atoms with E-state index < -0.39 is 0 Å². The van der Waals surface area contributed by atoms with Crippen LogP contribution >= 0.6 is 0 Å². The van der Waals surface area contributed by atoms with Crippen LogP contribution in [0.4, 0.5) is 0 Å². The summed E-state index contributed by atoms with van der Waals surface area (Å²) in [4.78, 5) is 4.42. The van der Waals surface area contributed by atoms with Crippen LogP contribution in [-0.2, 0) is 20.1 Å². The van der Waals surface area contributed by atoms with Crippen molar-refractivity contribution in [2.45, 2.75) is 20.0 Å². The Morgan fingerprint density at radius 1 is 1.19 bits per heavy atom. The van der Waals surface area contributed by atoms with Gasteiger partial charge in [0.15, 0.2) is 0 Å². The van der Waals surface area contributed by atoms with E-state index in [2.05, 4.69) is 15.4 Å². The van der Waals surface area contributed by atoms with Crippen molar-refractivity contribution < 1.29 is 0 Å². The average molecular weight is 216 g/mol. The van der Waals surface area contributed by atoms with Crippen molar-refractivity contribution in [2.75, 3.05) is 0 Å². The highest BCUT2D eigenvalue weighted by atomic mass is 15.3. The molecular weight excluding hydrogens is 200 g/mol. The highest BCUT2D eigenvalue weighted by molar-refractivity contribution is 5.09. The number of hydrogen-bond donors (Lipinski definition) is 1. The van der Waals surface area contributed by atoms with Crippen LogP contribution in [0.1, 0.15) is 17.1 Å². The Labute approximate surface area is 95.3 Å². The van der Waals surface area contributed by atoms with Gasteiger partial charge >= 0.3 is 0 Å². The maximum absolute atomic E-state index is 4.42. The van der Waals surface area contributed by atoms with Crippen LogP contribution in [0.2, 0.25) is 0 Å². The molecule has 84 valence electrons. The minimum absolute atomic E-state index is 0.774. The quantitative estimate of drug-likeness (QED) is 0.840. The maximum atomic E-state index is 4.42. The van der Waals surface area contributed by atoms with Gasteiger partial charge < -0.3 is 5.32 Å². The Kier molecular flexibility index (Phi) is 3.31. The molecule has 0 fully saturated rings. The van der Waals surface area contributed by atoms with Gasteiger partial charge in [0.1, 0.15) is 0 Å². The number of rotatable bonds is 4. The molecule has 0 aliphatic carbocycles. The Hall–Kier alpha value is -1.68. The van der Waals surface area contributed by atoms with Gasteiger partial charge in [-0.3, -0.25) is 9.67 Å². The summed E-state index contributed by atoms with van der Waals surface area (Å²) in [6.07, 6.45) is 1.95. The first-order chi connectivity index (χ1) is 7.74. The van der Waals surface area contributed by atoms with Crippen molar-refractivity contribution in [1.29, 1.82) is 0 Å². The first kappa shape index (κ1) is 10.8. The molecule has 4 nitrogen and oxygen atoms in total. The normalized spacial score (nSPS) is 10.6. The topological polar surface area (TPSA) is 42.7 Å². The fourth-order valence-corrected chi connectivity index (χ4v) is 1.57. The van der Waals surface area contributed by atoms with Gasteiger partial charge in [-0.25, -0.2) is 0 Å². The molecule has 2 aromatic rings. The van der Waals surface area contributed by atoms with Crippen LogP contribution in [-0.4, -0.2) is 14.8 Å². The molecule has 2 rings (SSSR count). The summed E-state index contributed by atoms with van der Waals surface area (Å²) >= 11 is 0. The van der Waals surface area contributed by atoms with Crippen molar-refractivity contribution in [1.82, 2.24) is 20.1 Å². The zero-order valence-electron chi connectivity index (χ0n) is 9.64. The van der Waals surface area contributed by atoms with E-state index in [1.54, 1.807) is 0 Å². The fraction of sp³-hybridized carbons (Fsp3) is 0.333. The SMILES string of the molecule is Cc1cccc(CNCc2ccn(C)n2)n1. The lowest BCUT2D eigenvalue weighted by atomic mass is 10.3. The number of aromatic nitrogens is 3. The smallest absolute Gasteiger partial charge is 0.0762 e. The van der Waals surface area contributed by atoms with E-state index >= 15 is 0 Å². The Bertz CT molecular complexity index is 462. The third-order valence-electron chi connectivity index (χ3n) is 2.33. The van der Waals surface area contributed by atoms with Crippen molar-refractivity contribution in [2.24, 2.45) is 7.05 Å². The molecule has 2 aromatic heterocycles. The molecule has 0 saturated carbocycles. The summed E-state index contributed by atoms with van der Waals surface area (Å²) < 4.78 is 1.81. The summed E-state index contributed by atoms with van der Waals surface area (Å²) in [5, 5.41) is 7.61. The van der Waals surface area contributed by atoms with E-state index in [0.29, 0.717) is 0 Å². The van der Waals surface area contributed by atoms with Gasteiger partial charge in [0.05, 0.1) is 11.4 Å². The van der Waals surface area contributed by atoms with Crippen molar-refractivity contribution in [3.8, 4) is 0 Å². The lowest BCUT2D eigenvalue weighted by molar-refractivity contribution is 0.647. The van der Waals surface area contributed by atoms with Gasteiger partial charge in [-0.15, -0.1) is 0 Å². The van der Waals surface area contributed by atoms with Crippen LogP contribution < -0.4 is 5.32 Å². The highest BCUT2D eigenvalue weighted by Crippen LogP contribution is 1.99. The molecule has 0 saturated heterocycles. The van der Waals surface area contributed by atoms with E-state index in [4.69, 9.17) is 0 Å². The molecule has 0 aromatic carbocycles. The standard InChI is InChI=1S/C12H16N4/c1-10-4-3-5-11(14-10)8-13-9-12-6-7-16(2)15-12/h3-7,13H,8-9H2,1-2H3. The zero-order chi connectivity index (χ0) is 11.4. The van der Waals surface area contributed by atoms with E-state index in [0.717, 1.165) is 30.2 Å². The Morgan fingerprint density at radius 2 is 2.00 bits per heavy atom. The molecule has 0 aliphatic heterocycles. The lowest BCUT2D eigenvalue weighted by Gasteiger charge is -2.03. The monoisotopic (exact) mass is 216 g/mol. The molecule has 1 N–H and O–H groups in total. The van der Waals surface area contributed by atoms with Gasteiger partial charge in [0.25, 0.3) is 0 Å². The molecule has 0 atom stereocenters. The predicted molar refractivity (Wildman–Crippen MR) is 62.7 cm³/mol. The minimum Gasteiger partial charge on any atom is -0.305 e. The average Bonchev–Trinajstić information content (AvgIpc) is 2.64. The Balaban J connectivity index is 1.84. The first-order valence-corrected chi connectivity index (χ1v) is 5.36. The molecular formula is C12H16N4. The summed E-state index contributed by atoms with van der Waals surface area (Å²) in [6, 6.07) is 8.07. The van der Waals surface area contributed by atoms with Crippen LogP contribution in [0.25, 0.3) is 0 Å². The Morgan fingerprint density at radius 3 is 2.69 bits per heavy atom. The van der Waals surface area contributed by atoms with Crippen LogP contribution in [0.3, 0.4) is 0 Å². The molecule has 0 aliphatic rings.